The molecule has 2 nitrogen and oxygen atoms in total. The first-order valence-electron chi connectivity index (χ1n) is 3.76. The summed E-state index contributed by atoms with van der Waals surface area (Å²) in [6, 6.07) is 2.15. The van der Waals surface area contributed by atoms with Gasteiger partial charge in [0, 0.05) is 11.8 Å². The molecule has 0 amide bonds. The van der Waals surface area contributed by atoms with Crippen molar-refractivity contribution in [3.05, 3.63) is 29.6 Å². The van der Waals surface area contributed by atoms with E-state index < -0.39 is 11.9 Å². The first-order valence-corrected chi connectivity index (χ1v) is 3.76. The van der Waals surface area contributed by atoms with Crippen LogP contribution in [-0.2, 0) is 6.18 Å². The number of alkyl halides is 3. The summed E-state index contributed by atoms with van der Waals surface area (Å²) in [5.41, 5.74) is 4.60. The van der Waals surface area contributed by atoms with Gasteiger partial charge in [0.15, 0.2) is 0 Å². The van der Waals surface area contributed by atoms with Gasteiger partial charge in [0.25, 0.3) is 0 Å². The quantitative estimate of drug-likeness (QED) is 0.643. The lowest BCUT2D eigenvalue weighted by Gasteiger charge is -2.03. The summed E-state index contributed by atoms with van der Waals surface area (Å²) >= 11 is 0. The van der Waals surface area contributed by atoms with Crippen molar-refractivity contribution in [1.82, 2.24) is 4.98 Å². The van der Waals surface area contributed by atoms with E-state index in [1.807, 2.05) is 0 Å². The van der Waals surface area contributed by atoms with Crippen LogP contribution in [0.3, 0.4) is 0 Å². The van der Waals surface area contributed by atoms with Gasteiger partial charge in [0.05, 0.1) is 6.54 Å². The minimum absolute atomic E-state index is 0.168. The third kappa shape index (κ3) is 2.75. The Morgan fingerprint density at radius 3 is 2.50 bits per heavy atom. The predicted octanol–water partition coefficient (Wildman–Crippen LogP) is 1.41. The first-order chi connectivity index (χ1) is 6.54. The van der Waals surface area contributed by atoms with E-state index in [-0.39, 0.29) is 6.54 Å². The third-order valence-corrected chi connectivity index (χ3v) is 1.39. The Labute approximate surface area is 78.9 Å². The minimum Gasteiger partial charge on any atom is -0.320 e. The summed E-state index contributed by atoms with van der Waals surface area (Å²) < 4.78 is 36.2. The molecular weight excluding hydrogens is 193 g/mol. The molecule has 1 aromatic heterocycles. The molecule has 0 aliphatic carbocycles. The van der Waals surface area contributed by atoms with Crippen molar-refractivity contribution in [3.8, 4) is 11.8 Å². The molecular formula is C9H7F3N2. The summed E-state index contributed by atoms with van der Waals surface area (Å²) in [5, 5.41) is 0. The van der Waals surface area contributed by atoms with Crippen LogP contribution >= 0.6 is 0 Å². The zero-order valence-electron chi connectivity index (χ0n) is 7.10. The molecule has 0 saturated heterocycles. The summed E-state index contributed by atoms with van der Waals surface area (Å²) in [7, 11) is 0. The van der Waals surface area contributed by atoms with Crippen molar-refractivity contribution in [1.29, 1.82) is 0 Å². The van der Waals surface area contributed by atoms with E-state index in [0.717, 1.165) is 12.3 Å². The molecule has 1 rings (SSSR count). The van der Waals surface area contributed by atoms with Crippen molar-refractivity contribution in [3.63, 3.8) is 0 Å². The van der Waals surface area contributed by atoms with Crippen LogP contribution in [0.25, 0.3) is 0 Å². The highest BCUT2D eigenvalue weighted by Crippen LogP contribution is 2.26. The van der Waals surface area contributed by atoms with Gasteiger partial charge in [-0.05, 0) is 12.1 Å². The third-order valence-electron chi connectivity index (χ3n) is 1.39. The lowest BCUT2D eigenvalue weighted by atomic mass is 10.2. The first kappa shape index (κ1) is 10.5. The number of pyridine rings is 1. The Morgan fingerprint density at radius 1 is 1.36 bits per heavy atom. The molecule has 0 unspecified atom stereocenters. The maximum atomic E-state index is 12.1. The molecule has 0 aliphatic heterocycles. The second-order valence-corrected chi connectivity index (χ2v) is 2.44. The summed E-state index contributed by atoms with van der Waals surface area (Å²) in [4.78, 5) is 3.23. The van der Waals surface area contributed by atoms with Crippen molar-refractivity contribution in [2.45, 2.75) is 6.18 Å². The van der Waals surface area contributed by atoms with E-state index in [2.05, 4.69) is 16.8 Å². The van der Waals surface area contributed by atoms with Gasteiger partial charge in [-0.3, -0.25) is 4.98 Å². The van der Waals surface area contributed by atoms with Crippen LogP contribution in [0.1, 0.15) is 11.3 Å². The lowest BCUT2D eigenvalue weighted by Crippen LogP contribution is -2.07. The van der Waals surface area contributed by atoms with Crippen LogP contribution in [0.2, 0.25) is 0 Å². The second kappa shape index (κ2) is 4.11. The normalized spacial score (nSPS) is 10.6. The highest BCUT2D eigenvalue weighted by Gasteiger charge is 2.31. The fourth-order valence-electron chi connectivity index (χ4n) is 0.789. The average Bonchev–Trinajstić information content (AvgIpc) is 2.14. The largest absolute Gasteiger partial charge is 0.433 e. The maximum Gasteiger partial charge on any atom is 0.433 e. The molecule has 0 radical (unpaired) electrons. The van der Waals surface area contributed by atoms with E-state index in [1.165, 1.54) is 6.07 Å². The molecule has 74 valence electrons. The number of hydrogen-bond acceptors (Lipinski definition) is 2. The predicted molar refractivity (Wildman–Crippen MR) is 45.2 cm³/mol. The van der Waals surface area contributed by atoms with Crippen LogP contribution in [-0.4, -0.2) is 11.5 Å². The molecule has 0 atom stereocenters. The molecule has 1 heterocycles. The van der Waals surface area contributed by atoms with Crippen LogP contribution in [0.15, 0.2) is 18.3 Å². The van der Waals surface area contributed by atoms with E-state index in [4.69, 9.17) is 5.73 Å². The fourth-order valence-corrected chi connectivity index (χ4v) is 0.789. The summed E-state index contributed by atoms with van der Waals surface area (Å²) in [6.45, 7) is 0.168. The van der Waals surface area contributed by atoms with Crippen molar-refractivity contribution >= 4 is 0 Å². The Bertz CT molecular complexity index is 356. The highest BCUT2D eigenvalue weighted by molar-refractivity contribution is 5.33. The van der Waals surface area contributed by atoms with E-state index in [1.54, 1.807) is 0 Å². The molecule has 14 heavy (non-hydrogen) atoms. The molecule has 0 bridgehead atoms. The number of hydrogen-bond donors (Lipinski definition) is 1. The standard InChI is InChI=1S/C9H7F3N2/c10-9(11,12)8-4-3-7(6-14-8)2-1-5-13/h3-4,6H,5,13H2. The van der Waals surface area contributed by atoms with Crippen LogP contribution in [0.4, 0.5) is 13.2 Å². The van der Waals surface area contributed by atoms with Gasteiger partial charge in [-0.15, -0.1) is 0 Å². The lowest BCUT2D eigenvalue weighted by molar-refractivity contribution is -0.141. The zero-order chi connectivity index (χ0) is 10.6. The van der Waals surface area contributed by atoms with Crippen molar-refractivity contribution < 1.29 is 13.2 Å². The second-order valence-electron chi connectivity index (χ2n) is 2.44. The average molecular weight is 200 g/mol. The van der Waals surface area contributed by atoms with Crippen LogP contribution < -0.4 is 5.73 Å². The summed E-state index contributed by atoms with van der Waals surface area (Å²) in [5.74, 6) is 5.10. The van der Waals surface area contributed by atoms with Gasteiger partial charge in [-0.2, -0.15) is 13.2 Å². The Hall–Kier alpha value is -1.54. The topological polar surface area (TPSA) is 38.9 Å². The van der Waals surface area contributed by atoms with Gasteiger partial charge in [-0.25, -0.2) is 0 Å². The molecule has 1 aromatic rings. The molecule has 0 fully saturated rings. The molecule has 0 aliphatic rings. The van der Waals surface area contributed by atoms with Gasteiger partial charge in [0.1, 0.15) is 5.69 Å². The van der Waals surface area contributed by atoms with Gasteiger partial charge < -0.3 is 5.73 Å². The van der Waals surface area contributed by atoms with E-state index >= 15 is 0 Å². The number of nitrogens with two attached hydrogens (primary N) is 1. The van der Waals surface area contributed by atoms with Crippen LogP contribution in [0.5, 0.6) is 0 Å². The van der Waals surface area contributed by atoms with Crippen LogP contribution in [0, 0.1) is 11.8 Å². The number of halogens is 3. The van der Waals surface area contributed by atoms with Crippen molar-refractivity contribution in [2.75, 3.05) is 6.54 Å². The molecule has 2 N–H and O–H groups in total. The Morgan fingerprint density at radius 2 is 2.07 bits per heavy atom. The maximum absolute atomic E-state index is 12.1. The van der Waals surface area contributed by atoms with Gasteiger partial charge in [-0.1, -0.05) is 11.8 Å². The van der Waals surface area contributed by atoms with Crippen molar-refractivity contribution in [2.24, 2.45) is 5.73 Å². The smallest absolute Gasteiger partial charge is 0.320 e. The van der Waals surface area contributed by atoms with E-state index in [9.17, 15) is 13.2 Å². The molecule has 0 spiro atoms. The SMILES string of the molecule is NCC#Cc1ccc(C(F)(F)F)nc1. The minimum atomic E-state index is -4.40. The van der Waals surface area contributed by atoms with Gasteiger partial charge >= 0.3 is 6.18 Å². The monoisotopic (exact) mass is 200 g/mol. The molecule has 0 saturated carbocycles. The zero-order valence-corrected chi connectivity index (χ0v) is 7.10. The summed E-state index contributed by atoms with van der Waals surface area (Å²) in [6.07, 6.45) is -3.33. The molecule has 5 heteroatoms. The van der Waals surface area contributed by atoms with E-state index in [0.29, 0.717) is 5.56 Å². The number of rotatable bonds is 0. The Balaban J connectivity index is 2.89. The number of aromatic nitrogens is 1. The fraction of sp³-hybridized carbons (Fsp3) is 0.222. The number of nitrogens with zero attached hydrogens (tertiary/aromatic N) is 1. The Kier molecular flexibility index (Phi) is 3.10. The van der Waals surface area contributed by atoms with Gasteiger partial charge in [0.2, 0.25) is 0 Å². The molecule has 0 aromatic carbocycles. The highest BCUT2D eigenvalue weighted by atomic mass is 19.4.